The summed E-state index contributed by atoms with van der Waals surface area (Å²) in [4.78, 5) is 14.6. The van der Waals surface area contributed by atoms with Crippen LogP contribution in [0.2, 0.25) is 0 Å². The van der Waals surface area contributed by atoms with Crippen LogP contribution in [0, 0.1) is 17.2 Å². The molecule has 1 aliphatic rings. The molecule has 5 nitrogen and oxygen atoms in total. The average molecular weight is 348 g/mol. The predicted molar refractivity (Wildman–Crippen MR) is 101 cm³/mol. The largest absolute Gasteiger partial charge is 0.355 e. The van der Waals surface area contributed by atoms with E-state index in [1.165, 1.54) is 5.56 Å². The fourth-order valence-electron chi connectivity index (χ4n) is 3.40. The van der Waals surface area contributed by atoms with Gasteiger partial charge in [-0.05, 0) is 41.5 Å². The van der Waals surface area contributed by atoms with Gasteiger partial charge < -0.3 is 4.90 Å². The summed E-state index contributed by atoms with van der Waals surface area (Å²) < 4.78 is 0. The minimum Gasteiger partial charge on any atom is -0.355 e. The van der Waals surface area contributed by atoms with Gasteiger partial charge in [0.25, 0.3) is 0 Å². The number of aromatic nitrogens is 2. The van der Waals surface area contributed by atoms with Crippen LogP contribution >= 0.6 is 0 Å². The van der Waals surface area contributed by atoms with Crippen LogP contribution in [-0.2, 0) is 11.2 Å². The monoisotopic (exact) mass is 348 g/mol. The first-order chi connectivity index (χ1) is 12.5. The van der Waals surface area contributed by atoms with Crippen molar-refractivity contribution in [3.63, 3.8) is 0 Å². The highest BCUT2D eigenvalue weighted by molar-refractivity contribution is 5.81. The summed E-state index contributed by atoms with van der Waals surface area (Å²) in [5, 5.41) is 16.8. The lowest BCUT2D eigenvalue weighted by atomic mass is 9.96. The molecular formula is C21H24N4O. The zero-order valence-corrected chi connectivity index (χ0v) is 15.4. The molecule has 1 aromatic carbocycles. The third-order valence-electron chi connectivity index (χ3n) is 4.94. The van der Waals surface area contributed by atoms with Crippen molar-refractivity contribution in [2.24, 2.45) is 5.92 Å². The molecule has 3 rings (SSSR count). The molecule has 0 N–H and O–H groups in total. The lowest BCUT2D eigenvalue weighted by Crippen LogP contribution is -2.22. The number of hydrogen-bond donors (Lipinski definition) is 0. The highest BCUT2D eigenvalue weighted by Gasteiger charge is 2.25. The molecule has 5 heteroatoms. The van der Waals surface area contributed by atoms with Crippen molar-refractivity contribution in [3.8, 4) is 6.07 Å². The molecule has 1 aliphatic heterocycles. The second-order valence-corrected chi connectivity index (χ2v) is 7.31. The molecule has 0 bridgehead atoms. The number of nitrogens with zero attached hydrogens (tertiary/aromatic N) is 4. The third-order valence-corrected chi connectivity index (χ3v) is 4.94. The summed E-state index contributed by atoms with van der Waals surface area (Å²) in [5.74, 6) is 1.94. The lowest BCUT2D eigenvalue weighted by Gasteiger charge is -2.16. The molecule has 0 aliphatic carbocycles. The van der Waals surface area contributed by atoms with Crippen LogP contribution in [-0.4, -0.2) is 29.1 Å². The van der Waals surface area contributed by atoms with Crippen LogP contribution in [0.5, 0.6) is 0 Å². The second-order valence-electron chi connectivity index (χ2n) is 7.31. The molecule has 2 heterocycles. The van der Waals surface area contributed by atoms with Crippen molar-refractivity contribution in [1.29, 1.82) is 5.26 Å². The number of anilines is 1. The predicted octanol–water partition coefficient (Wildman–Crippen LogP) is 3.50. The molecule has 0 spiro atoms. The summed E-state index contributed by atoms with van der Waals surface area (Å²) in [6, 6.07) is 13.9. The van der Waals surface area contributed by atoms with Gasteiger partial charge in [-0.2, -0.15) is 5.26 Å². The van der Waals surface area contributed by atoms with Crippen LogP contribution in [0.15, 0.2) is 36.4 Å². The first-order valence-electron chi connectivity index (χ1n) is 9.14. The van der Waals surface area contributed by atoms with Crippen LogP contribution in [0.1, 0.15) is 49.4 Å². The Bertz CT molecular complexity index is 790. The molecule has 0 unspecified atom stereocenters. The van der Waals surface area contributed by atoms with Gasteiger partial charge in [-0.1, -0.05) is 38.1 Å². The van der Waals surface area contributed by atoms with E-state index in [9.17, 15) is 4.79 Å². The zero-order chi connectivity index (χ0) is 18.5. The lowest BCUT2D eigenvalue weighted by molar-refractivity contribution is -0.119. The van der Waals surface area contributed by atoms with Gasteiger partial charge in [-0.25, -0.2) is 0 Å². The number of ketones is 1. The fourth-order valence-corrected chi connectivity index (χ4v) is 3.40. The Balaban J connectivity index is 1.51. The van der Waals surface area contributed by atoms with Crippen molar-refractivity contribution in [2.45, 2.75) is 39.0 Å². The van der Waals surface area contributed by atoms with E-state index in [4.69, 9.17) is 5.26 Å². The van der Waals surface area contributed by atoms with Crippen LogP contribution in [0.25, 0.3) is 0 Å². The van der Waals surface area contributed by atoms with Crippen molar-refractivity contribution >= 4 is 11.6 Å². The summed E-state index contributed by atoms with van der Waals surface area (Å²) in [6.45, 7) is 6.04. The Labute approximate surface area is 154 Å². The van der Waals surface area contributed by atoms with Crippen LogP contribution in [0.3, 0.4) is 0 Å². The van der Waals surface area contributed by atoms with Gasteiger partial charge in [-0.15, -0.1) is 10.2 Å². The molecule has 26 heavy (non-hydrogen) atoms. The summed E-state index contributed by atoms with van der Waals surface area (Å²) in [7, 11) is 0. The Morgan fingerprint density at radius 2 is 2.00 bits per heavy atom. The minimum atomic E-state index is 0.292. The van der Waals surface area contributed by atoms with Crippen LogP contribution in [0.4, 0.5) is 5.82 Å². The van der Waals surface area contributed by atoms with E-state index in [0.717, 1.165) is 30.9 Å². The number of nitriles is 1. The summed E-state index contributed by atoms with van der Waals surface area (Å²) in [5.41, 5.74) is 2.71. The Kier molecular flexibility index (Phi) is 5.62. The normalized spacial score (nSPS) is 16.7. The quantitative estimate of drug-likeness (QED) is 0.799. The molecular weight excluding hydrogens is 324 g/mol. The van der Waals surface area contributed by atoms with E-state index in [1.54, 1.807) is 6.07 Å². The average Bonchev–Trinajstić information content (AvgIpc) is 3.10. The maximum Gasteiger partial charge on any atom is 0.163 e. The van der Waals surface area contributed by atoms with E-state index in [-0.39, 0.29) is 0 Å². The van der Waals surface area contributed by atoms with Gasteiger partial charge in [0.15, 0.2) is 11.5 Å². The van der Waals surface area contributed by atoms with Gasteiger partial charge in [0.2, 0.25) is 0 Å². The van der Waals surface area contributed by atoms with Gasteiger partial charge in [-0.3, -0.25) is 4.79 Å². The number of carbonyl (C=O) groups is 1. The number of benzene rings is 1. The van der Waals surface area contributed by atoms with Crippen molar-refractivity contribution in [2.75, 3.05) is 18.0 Å². The molecule has 0 amide bonds. The molecule has 0 saturated carbocycles. The molecule has 2 aromatic rings. The van der Waals surface area contributed by atoms with E-state index in [1.807, 2.05) is 12.1 Å². The number of hydrogen-bond acceptors (Lipinski definition) is 5. The van der Waals surface area contributed by atoms with E-state index in [2.05, 4.69) is 53.2 Å². The summed E-state index contributed by atoms with van der Waals surface area (Å²) >= 11 is 0. The number of Topliss-reactive ketones (excluding diaryl/α,β-unsaturated/α-hetero) is 1. The minimum absolute atomic E-state index is 0.292. The molecule has 134 valence electrons. The first-order valence-corrected chi connectivity index (χ1v) is 9.14. The Morgan fingerprint density at radius 1 is 1.23 bits per heavy atom. The SMILES string of the molecule is CC(C)c1ccc(CC(=O)C[C@H]2CCN(c3ccc(C#N)nn3)C2)cc1. The Hall–Kier alpha value is -2.74. The third kappa shape index (κ3) is 4.45. The van der Waals surface area contributed by atoms with E-state index >= 15 is 0 Å². The maximum absolute atomic E-state index is 12.4. The van der Waals surface area contributed by atoms with Crippen molar-refractivity contribution in [3.05, 3.63) is 53.2 Å². The van der Waals surface area contributed by atoms with Crippen molar-refractivity contribution in [1.82, 2.24) is 10.2 Å². The standard InChI is InChI=1S/C21H24N4O/c1-15(2)18-5-3-16(4-6-18)11-20(26)12-17-9-10-25(14-17)21-8-7-19(13-22)23-24-21/h3-8,15,17H,9-12,14H2,1-2H3/t17-/m1/s1. The topological polar surface area (TPSA) is 69.9 Å². The maximum atomic E-state index is 12.4. The molecule has 1 saturated heterocycles. The molecule has 0 radical (unpaired) electrons. The van der Waals surface area contributed by atoms with E-state index < -0.39 is 0 Å². The first kappa shape index (κ1) is 18.1. The van der Waals surface area contributed by atoms with Gasteiger partial charge in [0.05, 0.1) is 0 Å². The smallest absolute Gasteiger partial charge is 0.163 e. The van der Waals surface area contributed by atoms with Crippen molar-refractivity contribution < 1.29 is 4.79 Å². The number of rotatable bonds is 6. The van der Waals surface area contributed by atoms with Gasteiger partial charge >= 0.3 is 0 Å². The highest BCUT2D eigenvalue weighted by Crippen LogP contribution is 2.25. The Morgan fingerprint density at radius 3 is 2.62 bits per heavy atom. The highest BCUT2D eigenvalue weighted by atomic mass is 16.1. The van der Waals surface area contributed by atoms with Gasteiger partial charge in [0, 0.05) is 25.9 Å². The van der Waals surface area contributed by atoms with E-state index in [0.29, 0.717) is 36.2 Å². The van der Waals surface area contributed by atoms with Crippen LogP contribution < -0.4 is 4.90 Å². The van der Waals surface area contributed by atoms with Gasteiger partial charge in [0.1, 0.15) is 11.9 Å². The summed E-state index contributed by atoms with van der Waals surface area (Å²) in [6.07, 6.45) is 2.09. The fraction of sp³-hybridized carbons (Fsp3) is 0.429. The zero-order valence-electron chi connectivity index (χ0n) is 15.4. The number of carbonyl (C=O) groups excluding carboxylic acids is 1. The molecule has 1 aromatic heterocycles. The second kappa shape index (κ2) is 8.09. The molecule has 1 atom stereocenters. The molecule has 1 fully saturated rings.